The minimum absolute atomic E-state index is 0.548. The molecule has 3 nitrogen and oxygen atoms in total. The summed E-state index contributed by atoms with van der Waals surface area (Å²) in [5, 5.41) is 1.17. The van der Waals surface area contributed by atoms with E-state index in [0.717, 1.165) is 18.5 Å². The lowest BCUT2D eigenvalue weighted by Crippen LogP contribution is -2.28. The molecule has 0 unspecified atom stereocenters. The quantitative estimate of drug-likeness (QED) is 0.733. The summed E-state index contributed by atoms with van der Waals surface area (Å²) in [7, 11) is 0. The van der Waals surface area contributed by atoms with Crippen LogP contribution in [-0.2, 0) is 11.3 Å². The summed E-state index contributed by atoms with van der Waals surface area (Å²) in [6.07, 6.45) is -2.21. The molecular formula is C16H17Cl2F3N2O. The van der Waals surface area contributed by atoms with Crippen molar-refractivity contribution in [3.05, 3.63) is 46.1 Å². The molecule has 1 aliphatic rings. The second kappa shape index (κ2) is 8.23. The van der Waals surface area contributed by atoms with Crippen LogP contribution in [0.15, 0.2) is 30.5 Å². The molecule has 0 aromatic heterocycles. The van der Waals surface area contributed by atoms with E-state index in [2.05, 4.69) is 4.90 Å². The lowest BCUT2D eigenvalue weighted by molar-refractivity contribution is -0.165. The van der Waals surface area contributed by atoms with Gasteiger partial charge in [0.15, 0.2) is 0 Å². The highest BCUT2D eigenvalue weighted by Crippen LogP contribution is 2.23. The van der Waals surface area contributed by atoms with Gasteiger partial charge in [-0.3, -0.25) is 9.69 Å². The number of ketones is 1. The van der Waals surface area contributed by atoms with Gasteiger partial charge in [0.25, 0.3) is 5.78 Å². The summed E-state index contributed by atoms with van der Waals surface area (Å²) in [5.41, 5.74) is 0.956. The Labute approximate surface area is 148 Å². The first-order valence-corrected chi connectivity index (χ1v) is 8.21. The first-order chi connectivity index (χ1) is 11.3. The standard InChI is InChI=1S/C16H17Cl2F3N2O/c17-13-3-2-12(14(18)10-13)11-23-6-1-5-22(8-9-23)7-4-15(24)16(19,20)21/h2-4,7,10H,1,5-6,8-9,11H2/b7-4+. The maximum atomic E-state index is 12.2. The largest absolute Gasteiger partial charge is 0.454 e. The fourth-order valence-electron chi connectivity index (χ4n) is 2.46. The molecule has 0 N–H and O–H groups in total. The number of benzene rings is 1. The molecule has 24 heavy (non-hydrogen) atoms. The number of nitrogens with zero attached hydrogens (tertiary/aromatic N) is 2. The van der Waals surface area contributed by atoms with Crippen LogP contribution < -0.4 is 0 Å². The summed E-state index contributed by atoms with van der Waals surface area (Å²) >= 11 is 12.0. The smallest absolute Gasteiger partial charge is 0.376 e. The van der Waals surface area contributed by atoms with Crippen molar-refractivity contribution in [2.45, 2.75) is 19.1 Å². The van der Waals surface area contributed by atoms with E-state index in [1.54, 1.807) is 17.0 Å². The lowest BCUT2D eigenvalue weighted by atomic mass is 10.2. The normalized spacial score (nSPS) is 17.3. The van der Waals surface area contributed by atoms with Crippen molar-refractivity contribution in [2.24, 2.45) is 0 Å². The van der Waals surface area contributed by atoms with Gasteiger partial charge in [0.05, 0.1) is 0 Å². The van der Waals surface area contributed by atoms with Crippen LogP contribution in [0.3, 0.4) is 0 Å². The number of hydrogen-bond donors (Lipinski definition) is 0. The van der Waals surface area contributed by atoms with E-state index in [0.29, 0.717) is 42.3 Å². The summed E-state index contributed by atoms with van der Waals surface area (Å²) in [5.74, 6) is -1.84. The molecule has 0 atom stereocenters. The van der Waals surface area contributed by atoms with Crippen LogP contribution in [0.2, 0.25) is 10.0 Å². The Morgan fingerprint density at radius 2 is 1.92 bits per heavy atom. The molecule has 2 rings (SSSR count). The first kappa shape index (κ1) is 19.1. The third kappa shape index (κ3) is 5.69. The molecular weight excluding hydrogens is 364 g/mol. The predicted octanol–water partition coefficient (Wildman–Crippen LogP) is 4.15. The maximum Gasteiger partial charge on any atom is 0.454 e. The zero-order valence-electron chi connectivity index (χ0n) is 12.8. The molecule has 0 aliphatic carbocycles. The average molecular weight is 381 g/mol. The molecule has 0 saturated carbocycles. The Bertz CT molecular complexity index is 620. The maximum absolute atomic E-state index is 12.2. The van der Waals surface area contributed by atoms with Crippen molar-refractivity contribution in [3.63, 3.8) is 0 Å². The predicted molar refractivity (Wildman–Crippen MR) is 88.1 cm³/mol. The van der Waals surface area contributed by atoms with E-state index in [9.17, 15) is 18.0 Å². The SMILES string of the molecule is O=C(/C=C/N1CCCN(Cc2ccc(Cl)cc2Cl)CC1)C(F)(F)F. The molecule has 132 valence electrons. The Morgan fingerprint density at radius 1 is 1.17 bits per heavy atom. The van der Waals surface area contributed by atoms with Crippen LogP contribution >= 0.6 is 23.2 Å². The minimum Gasteiger partial charge on any atom is -0.376 e. The van der Waals surface area contributed by atoms with Crippen LogP contribution in [0.4, 0.5) is 13.2 Å². The highest BCUT2D eigenvalue weighted by Gasteiger charge is 2.36. The van der Waals surface area contributed by atoms with Gasteiger partial charge < -0.3 is 4.90 Å². The number of halogens is 5. The van der Waals surface area contributed by atoms with Crippen LogP contribution in [0.1, 0.15) is 12.0 Å². The van der Waals surface area contributed by atoms with Crippen molar-refractivity contribution in [1.82, 2.24) is 9.80 Å². The van der Waals surface area contributed by atoms with Crippen molar-refractivity contribution in [1.29, 1.82) is 0 Å². The van der Waals surface area contributed by atoms with E-state index < -0.39 is 12.0 Å². The van der Waals surface area contributed by atoms with Crippen LogP contribution in [0.5, 0.6) is 0 Å². The van der Waals surface area contributed by atoms with Crippen molar-refractivity contribution >= 4 is 29.0 Å². The number of hydrogen-bond acceptors (Lipinski definition) is 3. The van der Waals surface area contributed by atoms with Crippen molar-refractivity contribution < 1.29 is 18.0 Å². The Kier molecular flexibility index (Phi) is 6.54. The fraction of sp³-hybridized carbons (Fsp3) is 0.438. The molecule has 1 aromatic rings. The van der Waals surface area contributed by atoms with E-state index in [1.165, 1.54) is 6.20 Å². The van der Waals surface area contributed by atoms with Gasteiger partial charge in [0.2, 0.25) is 0 Å². The topological polar surface area (TPSA) is 23.6 Å². The number of carbonyl (C=O) groups is 1. The van der Waals surface area contributed by atoms with E-state index in [-0.39, 0.29) is 0 Å². The first-order valence-electron chi connectivity index (χ1n) is 7.45. The molecule has 1 fully saturated rings. The van der Waals surface area contributed by atoms with Gasteiger partial charge in [-0.1, -0.05) is 29.3 Å². The minimum atomic E-state index is -4.82. The Morgan fingerprint density at radius 3 is 2.58 bits per heavy atom. The summed E-state index contributed by atoms with van der Waals surface area (Å²) in [6.45, 7) is 3.27. The molecule has 1 heterocycles. The summed E-state index contributed by atoms with van der Waals surface area (Å²) in [4.78, 5) is 14.8. The monoisotopic (exact) mass is 380 g/mol. The summed E-state index contributed by atoms with van der Waals surface area (Å²) in [6, 6.07) is 5.33. The van der Waals surface area contributed by atoms with Gasteiger partial charge >= 0.3 is 6.18 Å². The van der Waals surface area contributed by atoms with Crippen LogP contribution in [0.25, 0.3) is 0 Å². The van der Waals surface area contributed by atoms with Crippen molar-refractivity contribution in [3.8, 4) is 0 Å². The second-order valence-corrected chi connectivity index (χ2v) is 6.42. The Balaban J connectivity index is 1.90. The molecule has 0 spiro atoms. The molecule has 8 heteroatoms. The van der Waals surface area contributed by atoms with Gasteiger partial charge in [0.1, 0.15) is 0 Å². The second-order valence-electron chi connectivity index (χ2n) is 5.58. The van der Waals surface area contributed by atoms with Gasteiger partial charge in [0, 0.05) is 55.0 Å². The van der Waals surface area contributed by atoms with Gasteiger partial charge in [-0.05, 0) is 24.1 Å². The Hall–Kier alpha value is -1.24. The number of alkyl halides is 3. The van der Waals surface area contributed by atoms with Gasteiger partial charge in [-0.25, -0.2) is 0 Å². The molecule has 0 radical (unpaired) electrons. The van der Waals surface area contributed by atoms with Crippen LogP contribution in [-0.4, -0.2) is 47.9 Å². The zero-order chi connectivity index (χ0) is 17.7. The molecule has 1 aromatic carbocycles. The lowest BCUT2D eigenvalue weighted by Gasteiger charge is -2.21. The third-order valence-electron chi connectivity index (χ3n) is 3.75. The van der Waals surface area contributed by atoms with E-state index >= 15 is 0 Å². The van der Waals surface area contributed by atoms with Gasteiger partial charge in [-0.2, -0.15) is 13.2 Å². The van der Waals surface area contributed by atoms with E-state index in [1.807, 2.05) is 6.07 Å². The van der Waals surface area contributed by atoms with Crippen molar-refractivity contribution in [2.75, 3.05) is 26.2 Å². The zero-order valence-corrected chi connectivity index (χ0v) is 14.3. The number of rotatable bonds is 4. The molecule has 0 bridgehead atoms. The van der Waals surface area contributed by atoms with Gasteiger partial charge in [-0.15, -0.1) is 0 Å². The average Bonchev–Trinajstić information content (AvgIpc) is 2.72. The molecule has 0 amide bonds. The highest BCUT2D eigenvalue weighted by atomic mass is 35.5. The summed E-state index contributed by atoms with van der Waals surface area (Å²) < 4.78 is 36.6. The molecule has 1 aliphatic heterocycles. The number of allylic oxidation sites excluding steroid dienone is 1. The highest BCUT2D eigenvalue weighted by molar-refractivity contribution is 6.35. The fourth-order valence-corrected chi connectivity index (χ4v) is 2.92. The third-order valence-corrected chi connectivity index (χ3v) is 4.34. The van der Waals surface area contributed by atoms with E-state index in [4.69, 9.17) is 23.2 Å². The molecule has 1 saturated heterocycles. The number of carbonyl (C=O) groups excluding carboxylic acids is 1. The van der Waals surface area contributed by atoms with Crippen LogP contribution in [0, 0.1) is 0 Å².